The zero-order valence-corrected chi connectivity index (χ0v) is 15.2. The maximum absolute atomic E-state index is 13.1. The number of carbonyl (C=O) groups excluding carboxylic acids is 1. The summed E-state index contributed by atoms with van der Waals surface area (Å²) in [6.45, 7) is 2.15. The zero-order valence-electron chi connectivity index (χ0n) is 14.4. The van der Waals surface area contributed by atoms with Gasteiger partial charge >= 0.3 is 0 Å². The molecule has 0 atom stereocenters. The molecule has 1 aliphatic heterocycles. The third-order valence-electron chi connectivity index (χ3n) is 4.10. The molecule has 136 valence electrons. The van der Waals surface area contributed by atoms with E-state index in [9.17, 15) is 17.6 Å². The van der Waals surface area contributed by atoms with E-state index < -0.39 is 10.0 Å². The minimum atomic E-state index is -3.74. The van der Waals surface area contributed by atoms with Gasteiger partial charge in [0.05, 0.1) is 6.54 Å². The second-order valence-electron chi connectivity index (χ2n) is 5.86. The molecule has 0 spiro atoms. The number of anilines is 1. The molecule has 0 fully saturated rings. The lowest BCUT2D eigenvalue weighted by Gasteiger charge is -2.25. The molecular weight excluding hydrogens is 357 g/mol. The fraction of sp³-hybridized carbons (Fsp3) is 0.222. The Morgan fingerprint density at radius 1 is 1.12 bits per heavy atom. The molecule has 1 heterocycles. The Balaban J connectivity index is 1.82. The Morgan fingerprint density at radius 2 is 1.77 bits per heavy atom. The fourth-order valence-corrected chi connectivity index (χ4v) is 4.10. The summed E-state index contributed by atoms with van der Waals surface area (Å²) < 4.78 is 41.2. The lowest BCUT2D eigenvalue weighted by molar-refractivity contribution is -0.118. The first-order chi connectivity index (χ1) is 12.3. The minimum Gasteiger partial charge on any atom is -0.349 e. The number of hydrogen-bond donors (Lipinski definition) is 0. The number of amidine groups is 1. The predicted octanol–water partition coefficient (Wildman–Crippen LogP) is 2.26. The average Bonchev–Trinajstić information content (AvgIpc) is 2.89. The van der Waals surface area contributed by atoms with Gasteiger partial charge in [0.25, 0.3) is 10.0 Å². The van der Waals surface area contributed by atoms with Gasteiger partial charge in [-0.1, -0.05) is 12.1 Å². The highest BCUT2D eigenvalue weighted by molar-refractivity contribution is 7.90. The number of sulfonamides is 1. The van der Waals surface area contributed by atoms with Crippen LogP contribution >= 0.6 is 0 Å². The number of fused-ring (bicyclic) bond motifs is 1. The SMILES string of the molecule is CCN(C(=O)CN(C)C1=NS(=O)(=O)c2ccccc21)c1ccc(F)cc1. The Kier molecular flexibility index (Phi) is 4.78. The maximum atomic E-state index is 13.1. The first-order valence-electron chi connectivity index (χ1n) is 8.05. The molecule has 1 amide bonds. The number of halogens is 1. The van der Waals surface area contributed by atoms with Crippen molar-refractivity contribution in [2.75, 3.05) is 25.0 Å². The molecule has 26 heavy (non-hydrogen) atoms. The van der Waals surface area contributed by atoms with Crippen LogP contribution in [0.2, 0.25) is 0 Å². The third-order valence-corrected chi connectivity index (χ3v) is 5.43. The van der Waals surface area contributed by atoms with Gasteiger partial charge in [-0.25, -0.2) is 4.39 Å². The van der Waals surface area contributed by atoms with Crippen LogP contribution in [0.3, 0.4) is 0 Å². The van der Waals surface area contributed by atoms with E-state index >= 15 is 0 Å². The van der Waals surface area contributed by atoms with Crippen molar-refractivity contribution in [2.24, 2.45) is 4.40 Å². The average molecular weight is 375 g/mol. The van der Waals surface area contributed by atoms with Crippen molar-refractivity contribution in [3.05, 3.63) is 59.9 Å². The summed E-state index contributed by atoms with van der Waals surface area (Å²) in [4.78, 5) is 15.8. The molecule has 0 aliphatic carbocycles. The lowest BCUT2D eigenvalue weighted by Crippen LogP contribution is -2.41. The van der Waals surface area contributed by atoms with E-state index in [1.807, 2.05) is 6.92 Å². The molecule has 0 N–H and O–H groups in total. The van der Waals surface area contributed by atoms with Crippen LogP contribution in [0.4, 0.5) is 10.1 Å². The molecule has 6 nitrogen and oxygen atoms in total. The summed E-state index contributed by atoms with van der Waals surface area (Å²) in [5, 5.41) is 0. The Morgan fingerprint density at radius 3 is 2.42 bits per heavy atom. The van der Waals surface area contributed by atoms with Gasteiger partial charge in [-0.2, -0.15) is 8.42 Å². The summed E-state index contributed by atoms with van der Waals surface area (Å²) in [5.41, 5.74) is 1.06. The van der Waals surface area contributed by atoms with Crippen LogP contribution in [-0.2, 0) is 14.8 Å². The number of rotatable bonds is 4. The zero-order chi connectivity index (χ0) is 18.9. The predicted molar refractivity (Wildman–Crippen MR) is 97.2 cm³/mol. The van der Waals surface area contributed by atoms with E-state index in [1.165, 1.54) is 40.1 Å². The van der Waals surface area contributed by atoms with Crippen LogP contribution in [0.1, 0.15) is 12.5 Å². The molecule has 8 heteroatoms. The van der Waals surface area contributed by atoms with Gasteiger partial charge in [0.1, 0.15) is 10.7 Å². The summed E-state index contributed by atoms with van der Waals surface area (Å²) in [7, 11) is -2.12. The second kappa shape index (κ2) is 6.87. The Bertz CT molecular complexity index is 971. The largest absolute Gasteiger partial charge is 0.349 e. The Hall–Kier alpha value is -2.74. The maximum Gasteiger partial charge on any atom is 0.285 e. The van der Waals surface area contributed by atoms with Crippen molar-refractivity contribution in [1.29, 1.82) is 0 Å². The van der Waals surface area contributed by atoms with Crippen molar-refractivity contribution in [3.63, 3.8) is 0 Å². The highest BCUT2D eigenvalue weighted by Gasteiger charge is 2.31. The Labute approximate surface area is 151 Å². The first kappa shape index (κ1) is 18.1. The summed E-state index contributed by atoms with van der Waals surface area (Å²) in [6.07, 6.45) is 0. The molecule has 1 aliphatic rings. The topological polar surface area (TPSA) is 70.1 Å². The fourth-order valence-electron chi connectivity index (χ4n) is 2.85. The molecule has 3 rings (SSSR count). The van der Waals surface area contributed by atoms with Crippen LogP contribution in [0.15, 0.2) is 57.8 Å². The molecule has 0 bridgehead atoms. The van der Waals surface area contributed by atoms with Crippen LogP contribution in [0.25, 0.3) is 0 Å². The summed E-state index contributed by atoms with van der Waals surface area (Å²) >= 11 is 0. The number of benzene rings is 2. The van der Waals surface area contributed by atoms with Crippen LogP contribution in [0, 0.1) is 5.82 Å². The summed E-state index contributed by atoms with van der Waals surface area (Å²) in [5.74, 6) is -0.383. The monoisotopic (exact) mass is 375 g/mol. The lowest BCUT2D eigenvalue weighted by atomic mass is 10.2. The molecule has 2 aromatic rings. The molecule has 0 saturated heterocycles. The minimum absolute atomic E-state index is 0.0616. The standard InChI is InChI=1S/C18H18FN3O3S/c1-3-22(14-10-8-13(19)9-11-14)17(23)12-21(2)18-15-6-4-5-7-16(15)26(24,25)20-18/h4-11H,3,12H2,1-2H3. The second-order valence-corrected chi connectivity index (χ2v) is 7.43. The third kappa shape index (κ3) is 3.32. The highest BCUT2D eigenvalue weighted by atomic mass is 32.2. The summed E-state index contributed by atoms with van der Waals surface area (Å²) in [6, 6.07) is 12.2. The highest BCUT2D eigenvalue weighted by Crippen LogP contribution is 2.27. The number of hydrogen-bond acceptors (Lipinski definition) is 4. The van der Waals surface area contributed by atoms with E-state index in [1.54, 1.807) is 25.2 Å². The van der Waals surface area contributed by atoms with Crippen molar-refractivity contribution in [1.82, 2.24) is 4.90 Å². The van der Waals surface area contributed by atoms with Crippen LogP contribution < -0.4 is 4.90 Å². The molecular formula is C18H18FN3O3S. The van der Waals surface area contributed by atoms with Crippen molar-refractivity contribution in [3.8, 4) is 0 Å². The van der Waals surface area contributed by atoms with Gasteiger partial charge in [-0.05, 0) is 43.3 Å². The van der Waals surface area contributed by atoms with Gasteiger partial charge in [0, 0.05) is 24.8 Å². The smallest absolute Gasteiger partial charge is 0.285 e. The number of carbonyl (C=O) groups is 1. The molecule has 0 radical (unpaired) electrons. The first-order valence-corrected chi connectivity index (χ1v) is 9.49. The van der Waals surface area contributed by atoms with E-state index in [4.69, 9.17) is 0 Å². The van der Waals surface area contributed by atoms with Gasteiger partial charge in [-0.15, -0.1) is 4.40 Å². The van der Waals surface area contributed by atoms with Crippen molar-refractivity contribution in [2.45, 2.75) is 11.8 Å². The quantitative estimate of drug-likeness (QED) is 0.822. The van der Waals surface area contributed by atoms with Crippen molar-refractivity contribution < 1.29 is 17.6 Å². The van der Waals surface area contributed by atoms with Gasteiger partial charge < -0.3 is 9.80 Å². The van der Waals surface area contributed by atoms with Crippen LogP contribution in [-0.4, -0.2) is 45.2 Å². The normalized spacial score (nSPS) is 14.5. The van der Waals surface area contributed by atoms with E-state index in [-0.39, 0.29) is 29.0 Å². The van der Waals surface area contributed by atoms with E-state index in [2.05, 4.69) is 4.40 Å². The number of amides is 1. The molecule has 0 saturated carbocycles. The van der Waals surface area contributed by atoms with Gasteiger partial charge in [0.15, 0.2) is 5.84 Å². The molecule has 0 aromatic heterocycles. The van der Waals surface area contributed by atoms with Crippen LogP contribution in [0.5, 0.6) is 0 Å². The van der Waals surface area contributed by atoms with Crippen molar-refractivity contribution >= 4 is 27.5 Å². The van der Waals surface area contributed by atoms with E-state index in [0.717, 1.165) is 0 Å². The molecule has 2 aromatic carbocycles. The van der Waals surface area contributed by atoms with Gasteiger partial charge in [-0.3, -0.25) is 4.79 Å². The van der Waals surface area contributed by atoms with Gasteiger partial charge in [0.2, 0.25) is 5.91 Å². The van der Waals surface area contributed by atoms with E-state index in [0.29, 0.717) is 17.8 Å². The number of likely N-dealkylation sites (N-methyl/N-ethyl adjacent to an activating group) is 2. The molecule has 0 unspecified atom stereocenters. The number of nitrogens with zero attached hydrogens (tertiary/aromatic N) is 3.